The molecule has 18 heavy (non-hydrogen) atoms. The number of amidine groups is 1. The molecule has 0 spiro atoms. The average molecular weight is 273 g/mol. The maximum absolute atomic E-state index is 12.3. The van der Waals surface area contributed by atoms with Crippen LogP contribution in [0.25, 0.3) is 0 Å². The van der Waals surface area contributed by atoms with Crippen LogP contribution in [-0.4, -0.2) is 41.4 Å². The molecule has 0 aromatic carbocycles. The Morgan fingerprint density at radius 2 is 2.28 bits per heavy atom. The fourth-order valence-electron chi connectivity index (χ4n) is 1.48. The summed E-state index contributed by atoms with van der Waals surface area (Å²) in [5.74, 6) is -0.328. The molecule has 1 heterocycles. The number of aryl methyl sites for hydroxylation is 1. The van der Waals surface area contributed by atoms with Crippen LogP contribution in [0.5, 0.6) is 0 Å². The molecule has 1 atom stereocenters. The molecule has 1 aromatic rings. The Morgan fingerprint density at radius 1 is 1.67 bits per heavy atom. The van der Waals surface area contributed by atoms with Gasteiger partial charge >= 0.3 is 0 Å². The molecule has 0 aliphatic heterocycles. The standard InChI is InChI=1S/C10H19N5O2S/c1-4-15(6-8(2)10(11)12)18(16,17)9-5-13-14(3)7-9/h5,7-8H,4,6H2,1-3H3,(H3,11,12). The lowest BCUT2D eigenvalue weighted by molar-refractivity contribution is 0.403. The van der Waals surface area contributed by atoms with Crippen LogP contribution in [0.15, 0.2) is 17.3 Å². The zero-order chi connectivity index (χ0) is 13.9. The third-order valence-corrected chi connectivity index (χ3v) is 4.57. The van der Waals surface area contributed by atoms with Crippen molar-refractivity contribution in [2.75, 3.05) is 13.1 Å². The molecule has 1 aromatic heterocycles. The van der Waals surface area contributed by atoms with Gasteiger partial charge in [0.25, 0.3) is 0 Å². The Kier molecular flexibility index (Phi) is 4.47. The number of nitrogens with zero attached hydrogens (tertiary/aromatic N) is 3. The highest BCUT2D eigenvalue weighted by molar-refractivity contribution is 7.89. The van der Waals surface area contributed by atoms with Gasteiger partial charge in [-0.1, -0.05) is 13.8 Å². The van der Waals surface area contributed by atoms with Crippen molar-refractivity contribution in [3.63, 3.8) is 0 Å². The Balaban J connectivity index is 2.97. The molecule has 7 nitrogen and oxygen atoms in total. The maximum atomic E-state index is 12.3. The number of nitrogens with two attached hydrogens (primary N) is 1. The quantitative estimate of drug-likeness (QED) is 0.562. The van der Waals surface area contributed by atoms with E-state index in [-0.39, 0.29) is 23.2 Å². The van der Waals surface area contributed by atoms with E-state index in [1.54, 1.807) is 20.9 Å². The smallest absolute Gasteiger partial charge is 0.246 e. The first-order valence-electron chi connectivity index (χ1n) is 5.61. The Morgan fingerprint density at radius 3 is 2.67 bits per heavy atom. The van der Waals surface area contributed by atoms with Gasteiger partial charge in [-0.25, -0.2) is 8.42 Å². The minimum absolute atomic E-state index is 0.0187. The maximum Gasteiger partial charge on any atom is 0.246 e. The zero-order valence-corrected chi connectivity index (χ0v) is 11.6. The van der Waals surface area contributed by atoms with Gasteiger partial charge in [0.05, 0.1) is 12.0 Å². The van der Waals surface area contributed by atoms with Gasteiger partial charge in [-0.15, -0.1) is 0 Å². The van der Waals surface area contributed by atoms with E-state index in [9.17, 15) is 8.42 Å². The van der Waals surface area contributed by atoms with Gasteiger partial charge < -0.3 is 5.73 Å². The van der Waals surface area contributed by atoms with Crippen LogP contribution in [0.1, 0.15) is 13.8 Å². The molecule has 0 saturated carbocycles. The van der Waals surface area contributed by atoms with E-state index in [2.05, 4.69) is 5.10 Å². The highest BCUT2D eigenvalue weighted by Gasteiger charge is 2.26. The fourth-order valence-corrected chi connectivity index (χ4v) is 3.01. The van der Waals surface area contributed by atoms with Gasteiger partial charge in [0, 0.05) is 32.3 Å². The van der Waals surface area contributed by atoms with Crippen LogP contribution < -0.4 is 5.73 Å². The molecule has 1 unspecified atom stereocenters. The lowest BCUT2D eigenvalue weighted by Gasteiger charge is -2.22. The lowest BCUT2D eigenvalue weighted by Crippen LogP contribution is -2.38. The van der Waals surface area contributed by atoms with E-state index < -0.39 is 10.0 Å². The Bertz CT molecular complexity index is 522. The summed E-state index contributed by atoms with van der Waals surface area (Å²) in [6.07, 6.45) is 2.77. The summed E-state index contributed by atoms with van der Waals surface area (Å²) in [6, 6.07) is 0. The van der Waals surface area contributed by atoms with E-state index in [0.717, 1.165) is 0 Å². The second kappa shape index (κ2) is 5.49. The van der Waals surface area contributed by atoms with Crippen LogP contribution >= 0.6 is 0 Å². The third kappa shape index (κ3) is 3.08. The van der Waals surface area contributed by atoms with Gasteiger partial charge in [-0.3, -0.25) is 10.1 Å². The monoisotopic (exact) mass is 273 g/mol. The highest BCUT2D eigenvalue weighted by Crippen LogP contribution is 2.15. The van der Waals surface area contributed by atoms with Crippen LogP contribution in [0.3, 0.4) is 0 Å². The predicted molar refractivity (Wildman–Crippen MR) is 68.7 cm³/mol. The molecule has 0 fully saturated rings. The number of nitrogens with one attached hydrogen (secondary N) is 1. The second-order valence-electron chi connectivity index (χ2n) is 4.16. The molecule has 3 N–H and O–H groups in total. The van der Waals surface area contributed by atoms with Crippen molar-refractivity contribution in [2.24, 2.45) is 18.7 Å². The van der Waals surface area contributed by atoms with E-state index in [0.29, 0.717) is 6.54 Å². The Labute approximate surface area is 107 Å². The molecule has 0 radical (unpaired) electrons. The predicted octanol–water partition coefficient (Wildman–Crippen LogP) is 0.00277. The molecular formula is C10H19N5O2S. The number of hydrogen-bond acceptors (Lipinski definition) is 4. The zero-order valence-electron chi connectivity index (χ0n) is 10.8. The SMILES string of the molecule is CCN(CC(C)C(=N)N)S(=O)(=O)c1cnn(C)c1. The summed E-state index contributed by atoms with van der Waals surface area (Å²) in [5.41, 5.74) is 5.37. The van der Waals surface area contributed by atoms with E-state index in [4.69, 9.17) is 11.1 Å². The molecule has 0 aliphatic rings. The molecule has 1 rings (SSSR count). The van der Waals surface area contributed by atoms with Crippen molar-refractivity contribution in [3.05, 3.63) is 12.4 Å². The van der Waals surface area contributed by atoms with Gasteiger partial charge in [-0.05, 0) is 0 Å². The van der Waals surface area contributed by atoms with Crippen LogP contribution in [-0.2, 0) is 17.1 Å². The summed E-state index contributed by atoms with van der Waals surface area (Å²) >= 11 is 0. The molecule has 102 valence electrons. The summed E-state index contributed by atoms with van der Waals surface area (Å²) in [5, 5.41) is 11.2. The minimum atomic E-state index is -3.56. The van der Waals surface area contributed by atoms with Crippen LogP contribution in [0, 0.1) is 11.3 Å². The summed E-state index contributed by atoms with van der Waals surface area (Å²) in [6.45, 7) is 4.00. The van der Waals surface area contributed by atoms with Crippen molar-refractivity contribution < 1.29 is 8.42 Å². The molecular weight excluding hydrogens is 254 g/mol. The number of hydrogen-bond donors (Lipinski definition) is 2. The molecule has 0 saturated heterocycles. The first kappa shape index (κ1) is 14.7. The van der Waals surface area contributed by atoms with E-state index in [1.807, 2.05) is 0 Å². The van der Waals surface area contributed by atoms with E-state index >= 15 is 0 Å². The van der Waals surface area contributed by atoms with Gasteiger partial charge in [-0.2, -0.15) is 9.40 Å². The fraction of sp³-hybridized carbons (Fsp3) is 0.600. The van der Waals surface area contributed by atoms with Crippen molar-refractivity contribution in [3.8, 4) is 0 Å². The first-order valence-corrected chi connectivity index (χ1v) is 7.05. The van der Waals surface area contributed by atoms with Gasteiger partial charge in [0.15, 0.2) is 0 Å². The number of sulfonamides is 1. The molecule has 0 bridgehead atoms. The molecule has 0 aliphatic carbocycles. The minimum Gasteiger partial charge on any atom is -0.387 e. The second-order valence-corrected chi connectivity index (χ2v) is 6.10. The van der Waals surface area contributed by atoms with Crippen LogP contribution in [0.2, 0.25) is 0 Å². The third-order valence-electron chi connectivity index (χ3n) is 2.68. The number of rotatable bonds is 6. The van der Waals surface area contributed by atoms with Crippen molar-refractivity contribution in [2.45, 2.75) is 18.7 Å². The molecule has 8 heteroatoms. The topological polar surface area (TPSA) is 105 Å². The average Bonchev–Trinajstić information content (AvgIpc) is 2.72. The Hall–Kier alpha value is -1.41. The largest absolute Gasteiger partial charge is 0.387 e. The normalized spacial score (nSPS) is 13.8. The summed E-state index contributed by atoms with van der Waals surface area (Å²) in [7, 11) is -1.90. The van der Waals surface area contributed by atoms with Gasteiger partial charge in [0.1, 0.15) is 4.90 Å². The summed E-state index contributed by atoms with van der Waals surface area (Å²) < 4.78 is 27.3. The van der Waals surface area contributed by atoms with Crippen LogP contribution in [0.4, 0.5) is 0 Å². The van der Waals surface area contributed by atoms with Gasteiger partial charge in [0.2, 0.25) is 10.0 Å². The molecule has 0 amide bonds. The van der Waals surface area contributed by atoms with Crippen molar-refractivity contribution in [1.82, 2.24) is 14.1 Å². The highest BCUT2D eigenvalue weighted by atomic mass is 32.2. The van der Waals surface area contributed by atoms with E-state index in [1.165, 1.54) is 21.4 Å². The van der Waals surface area contributed by atoms with Crippen molar-refractivity contribution >= 4 is 15.9 Å². The lowest BCUT2D eigenvalue weighted by atomic mass is 10.1. The number of aromatic nitrogens is 2. The van der Waals surface area contributed by atoms with Crippen molar-refractivity contribution in [1.29, 1.82) is 5.41 Å². The first-order chi connectivity index (χ1) is 8.28. The summed E-state index contributed by atoms with van der Waals surface area (Å²) in [4.78, 5) is 0.155.